The Morgan fingerprint density at radius 2 is 2.11 bits per heavy atom. The summed E-state index contributed by atoms with van der Waals surface area (Å²) in [6.45, 7) is 0.0778. The second-order valence-corrected chi connectivity index (χ2v) is 4.52. The maximum atomic E-state index is 13.5. The highest BCUT2D eigenvalue weighted by atomic mass is 79.9. The summed E-state index contributed by atoms with van der Waals surface area (Å²) in [5, 5.41) is 11.4. The Morgan fingerprint density at radius 3 is 2.68 bits per heavy atom. The van der Waals surface area contributed by atoms with E-state index in [2.05, 4.69) is 21.2 Å². The molecule has 0 aliphatic rings. The molecule has 0 saturated carbocycles. The molecular weight excluding hydrogens is 324 g/mol. The van der Waals surface area contributed by atoms with Gasteiger partial charge in [0.2, 0.25) is 5.76 Å². The highest BCUT2D eigenvalue weighted by molar-refractivity contribution is 9.10. The van der Waals surface area contributed by atoms with Crippen LogP contribution in [0.2, 0.25) is 0 Å². The van der Waals surface area contributed by atoms with Gasteiger partial charge in [0.1, 0.15) is 17.4 Å². The summed E-state index contributed by atoms with van der Waals surface area (Å²) >= 11 is 3.03. The van der Waals surface area contributed by atoms with E-state index < -0.39 is 17.6 Å². The van der Waals surface area contributed by atoms with Gasteiger partial charge >= 0.3 is 5.97 Å². The van der Waals surface area contributed by atoms with Gasteiger partial charge in [0.15, 0.2) is 0 Å². The summed E-state index contributed by atoms with van der Waals surface area (Å²) in [6.07, 6.45) is 0. The second kappa shape index (κ2) is 5.40. The lowest BCUT2D eigenvalue weighted by Crippen LogP contribution is -2.02. The molecule has 19 heavy (non-hydrogen) atoms. The lowest BCUT2D eigenvalue weighted by molar-refractivity contribution is 0.0660. The highest BCUT2D eigenvalue weighted by Gasteiger charge is 2.12. The van der Waals surface area contributed by atoms with Crippen LogP contribution in [0.25, 0.3) is 0 Å². The van der Waals surface area contributed by atoms with Crippen LogP contribution < -0.4 is 5.32 Å². The summed E-state index contributed by atoms with van der Waals surface area (Å²) in [5.74, 6) is -2.50. The molecule has 2 rings (SSSR count). The van der Waals surface area contributed by atoms with Gasteiger partial charge in [-0.2, -0.15) is 0 Å². The quantitative estimate of drug-likeness (QED) is 0.898. The summed E-state index contributed by atoms with van der Waals surface area (Å²) in [4.78, 5) is 10.6. The lowest BCUT2D eigenvalue weighted by Gasteiger charge is -2.08. The largest absolute Gasteiger partial charge is 0.475 e. The number of anilines is 1. The minimum absolute atomic E-state index is 0.0778. The molecule has 1 aromatic heterocycles. The molecule has 0 unspecified atom stereocenters. The van der Waals surface area contributed by atoms with E-state index in [0.717, 1.165) is 12.1 Å². The van der Waals surface area contributed by atoms with Crippen LogP contribution in [0.4, 0.5) is 14.5 Å². The molecule has 0 aliphatic heterocycles. The average Bonchev–Trinajstić information content (AvgIpc) is 2.76. The monoisotopic (exact) mass is 331 g/mol. The van der Waals surface area contributed by atoms with E-state index in [1.165, 1.54) is 12.1 Å². The minimum atomic E-state index is -1.18. The number of halogens is 3. The van der Waals surface area contributed by atoms with Crippen LogP contribution in [0.15, 0.2) is 33.2 Å². The van der Waals surface area contributed by atoms with E-state index in [4.69, 9.17) is 9.52 Å². The predicted octanol–water partition coefficient (Wildman–Crippen LogP) is 3.63. The molecule has 1 heterocycles. The van der Waals surface area contributed by atoms with Gasteiger partial charge < -0.3 is 14.8 Å². The molecule has 0 bridgehead atoms. The normalized spacial score (nSPS) is 10.5. The summed E-state index contributed by atoms with van der Waals surface area (Å²) < 4.78 is 31.6. The molecule has 0 radical (unpaired) electrons. The maximum Gasteiger partial charge on any atom is 0.371 e. The summed E-state index contributed by atoms with van der Waals surface area (Å²) in [6, 6.07) is 4.63. The molecule has 0 spiro atoms. The van der Waals surface area contributed by atoms with Gasteiger partial charge in [0, 0.05) is 10.5 Å². The van der Waals surface area contributed by atoms with Crippen LogP contribution >= 0.6 is 15.9 Å². The average molecular weight is 332 g/mol. The molecular formula is C12H8BrF2NO3. The molecule has 4 nitrogen and oxygen atoms in total. The Morgan fingerprint density at radius 1 is 1.37 bits per heavy atom. The third kappa shape index (κ3) is 3.11. The molecule has 7 heteroatoms. The van der Waals surface area contributed by atoms with E-state index in [-0.39, 0.29) is 22.5 Å². The topological polar surface area (TPSA) is 62.5 Å². The standard InChI is InChI=1S/C12H8BrF2NO3/c13-8-3-6(14)4-9(15)11(8)16-5-7-1-2-10(19-7)12(17)18/h1-4,16H,5H2,(H,17,18). The number of rotatable bonds is 4. The van der Waals surface area contributed by atoms with Gasteiger partial charge in [-0.25, -0.2) is 13.6 Å². The number of carboxylic acid groups (broad SMARTS) is 1. The fraction of sp³-hybridized carbons (Fsp3) is 0.0833. The van der Waals surface area contributed by atoms with Crippen molar-refractivity contribution in [2.45, 2.75) is 6.54 Å². The Balaban J connectivity index is 2.12. The van der Waals surface area contributed by atoms with Crippen molar-refractivity contribution in [3.05, 3.63) is 51.9 Å². The zero-order valence-corrected chi connectivity index (χ0v) is 11.0. The zero-order valence-electron chi connectivity index (χ0n) is 9.41. The Hall–Kier alpha value is -1.89. The summed E-state index contributed by atoms with van der Waals surface area (Å²) in [7, 11) is 0. The third-order valence-corrected chi connectivity index (χ3v) is 2.94. The van der Waals surface area contributed by atoms with Crippen LogP contribution in [0, 0.1) is 11.6 Å². The van der Waals surface area contributed by atoms with Crippen LogP contribution in [0.1, 0.15) is 16.3 Å². The molecule has 0 saturated heterocycles. The number of hydrogen-bond acceptors (Lipinski definition) is 3. The van der Waals surface area contributed by atoms with Gasteiger partial charge in [-0.15, -0.1) is 0 Å². The molecule has 2 N–H and O–H groups in total. The van der Waals surface area contributed by atoms with E-state index in [9.17, 15) is 13.6 Å². The van der Waals surface area contributed by atoms with Gasteiger partial charge in [-0.1, -0.05) is 0 Å². The van der Waals surface area contributed by atoms with Crippen molar-refractivity contribution in [2.75, 3.05) is 5.32 Å². The Labute approximate surface area is 115 Å². The minimum Gasteiger partial charge on any atom is -0.475 e. The number of hydrogen-bond donors (Lipinski definition) is 2. The molecule has 2 aromatic rings. The smallest absolute Gasteiger partial charge is 0.371 e. The third-order valence-electron chi connectivity index (χ3n) is 2.32. The van der Waals surface area contributed by atoms with E-state index >= 15 is 0 Å². The Bertz CT molecular complexity index is 604. The molecule has 0 fully saturated rings. The second-order valence-electron chi connectivity index (χ2n) is 3.67. The number of aromatic carboxylic acids is 1. The molecule has 0 amide bonds. The Kier molecular flexibility index (Phi) is 3.84. The zero-order chi connectivity index (χ0) is 14.0. The predicted molar refractivity (Wildman–Crippen MR) is 67.1 cm³/mol. The maximum absolute atomic E-state index is 13.5. The molecule has 0 atom stereocenters. The first-order chi connectivity index (χ1) is 8.97. The van der Waals surface area contributed by atoms with Crippen molar-refractivity contribution in [2.24, 2.45) is 0 Å². The van der Waals surface area contributed by atoms with Gasteiger partial charge in [0.25, 0.3) is 0 Å². The van der Waals surface area contributed by atoms with Gasteiger partial charge in [-0.05, 0) is 34.1 Å². The van der Waals surface area contributed by atoms with Crippen LogP contribution in [-0.4, -0.2) is 11.1 Å². The number of furan rings is 1. The van der Waals surface area contributed by atoms with Crippen molar-refractivity contribution < 1.29 is 23.1 Å². The fourth-order valence-electron chi connectivity index (χ4n) is 1.47. The SMILES string of the molecule is O=C(O)c1ccc(CNc2c(F)cc(F)cc2Br)o1. The van der Waals surface area contributed by atoms with Crippen LogP contribution in [0.3, 0.4) is 0 Å². The molecule has 1 aromatic carbocycles. The fourth-order valence-corrected chi connectivity index (χ4v) is 2.02. The number of nitrogens with one attached hydrogen (secondary N) is 1. The number of benzene rings is 1. The summed E-state index contributed by atoms with van der Waals surface area (Å²) in [5.41, 5.74) is 0.0784. The van der Waals surface area contributed by atoms with E-state index in [0.29, 0.717) is 5.76 Å². The van der Waals surface area contributed by atoms with E-state index in [1.54, 1.807) is 0 Å². The van der Waals surface area contributed by atoms with Crippen LogP contribution in [-0.2, 0) is 6.54 Å². The highest BCUT2D eigenvalue weighted by Crippen LogP contribution is 2.27. The van der Waals surface area contributed by atoms with Crippen LogP contribution in [0.5, 0.6) is 0 Å². The van der Waals surface area contributed by atoms with Gasteiger partial charge in [-0.3, -0.25) is 0 Å². The van der Waals surface area contributed by atoms with Crippen molar-refractivity contribution in [1.29, 1.82) is 0 Å². The first-order valence-electron chi connectivity index (χ1n) is 5.18. The first-order valence-corrected chi connectivity index (χ1v) is 5.97. The van der Waals surface area contributed by atoms with Crippen molar-refractivity contribution in [3.8, 4) is 0 Å². The molecule has 100 valence electrons. The van der Waals surface area contributed by atoms with Crippen molar-refractivity contribution >= 4 is 27.6 Å². The lowest BCUT2D eigenvalue weighted by atomic mass is 10.3. The van der Waals surface area contributed by atoms with Crippen molar-refractivity contribution in [3.63, 3.8) is 0 Å². The number of carbonyl (C=O) groups is 1. The van der Waals surface area contributed by atoms with E-state index in [1.807, 2.05) is 0 Å². The van der Waals surface area contributed by atoms with Gasteiger partial charge in [0.05, 0.1) is 12.2 Å². The van der Waals surface area contributed by atoms with Crippen molar-refractivity contribution in [1.82, 2.24) is 0 Å². The number of carboxylic acids is 1. The molecule has 0 aliphatic carbocycles. The first kappa shape index (κ1) is 13.5.